The summed E-state index contributed by atoms with van der Waals surface area (Å²) < 4.78 is 15.7. The van der Waals surface area contributed by atoms with Gasteiger partial charge in [0.25, 0.3) is 5.91 Å². The molecule has 124 valence electrons. The molecule has 6 nitrogen and oxygen atoms in total. The van der Waals surface area contributed by atoms with Crippen molar-refractivity contribution in [3.8, 4) is 5.75 Å². The van der Waals surface area contributed by atoms with Crippen molar-refractivity contribution in [2.24, 2.45) is 11.3 Å². The summed E-state index contributed by atoms with van der Waals surface area (Å²) in [6.07, 6.45) is 0. The molecule has 2 aliphatic heterocycles. The lowest BCUT2D eigenvalue weighted by Gasteiger charge is -2.40. The topological polar surface area (TPSA) is 65.1 Å². The third-order valence-corrected chi connectivity index (χ3v) is 4.60. The molecule has 0 N–H and O–H groups in total. The van der Waals surface area contributed by atoms with E-state index in [0.717, 1.165) is 0 Å². The van der Waals surface area contributed by atoms with Crippen LogP contribution in [0.3, 0.4) is 0 Å². The largest absolute Gasteiger partial charge is 0.497 e. The number of rotatable bonds is 4. The Balaban J connectivity index is 1.78. The van der Waals surface area contributed by atoms with Gasteiger partial charge in [-0.3, -0.25) is 9.59 Å². The summed E-state index contributed by atoms with van der Waals surface area (Å²) in [7, 11) is 1.57. The van der Waals surface area contributed by atoms with Gasteiger partial charge in [0.2, 0.25) is 0 Å². The molecule has 0 aliphatic carbocycles. The molecule has 2 saturated heterocycles. The van der Waals surface area contributed by atoms with Gasteiger partial charge in [-0.2, -0.15) is 0 Å². The first-order valence-corrected chi connectivity index (χ1v) is 7.77. The number of carbonyl (C=O) groups excluding carboxylic acids is 2. The van der Waals surface area contributed by atoms with Gasteiger partial charge in [0.05, 0.1) is 32.8 Å². The van der Waals surface area contributed by atoms with Crippen LogP contribution in [0.5, 0.6) is 5.75 Å². The first-order valence-electron chi connectivity index (χ1n) is 7.77. The number of amides is 1. The van der Waals surface area contributed by atoms with E-state index in [-0.39, 0.29) is 23.2 Å². The molecule has 1 spiro atoms. The Morgan fingerprint density at radius 1 is 1.39 bits per heavy atom. The highest BCUT2D eigenvalue weighted by atomic mass is 16.5. The van der Waals surface area contributed by atoms with E-state index >= 15 is 0 Å². The Morgan fingerprint density at radius 3 is 2.78 bits per heavy atom. The van der Waals surface area contributed by atoms with E-state index in [2.05, 4.69) is 0 Å². The second-order valence-electron chi connectivity index (χ2n) is 6.08. The van der Waals surface area contributed by atoms with Gasteiger partial charge in [-0.15, -0.1) is 0 Å². The molecule has 0 saturated carbocycles. The molecule has 1 aromatic carbocycles. The Hall–Kier alpha value is -2.08. The van der Waals surface area contributed by atoms with Crippen molar-refractivity contribution in [1.82, 2.24) is 4.90 Å². The van der Waals surface area contributed by atoms with E-state index in [1.165, 1.54) is 0 Å². The third kappa shape index (κ3) is 2.79. The average molecular weight is 319 g/mol. The molecule has 0 bridgehead atoms. The molecule has 0 aromatic heterocycles. The van der Waals surface area contributed by atoms with E-state index in [1.807, 2.05) is 0 Å². The van der Waals surface area contributed by atoms with Gasteiger partial charge in [-0.05, 0) is 25.1 Å². The van der Waals surface area contributed by atoms with Gasteiger partial charge in [0.15, 0.2) is 0 Å². The van der Waals surface area contributed by atoms with Crippen LogP contribution in [0.25, 0.3) is 0 Å². The van der Waals surface area contributed by atoms with Crippen LogP contribution in [0.1, 0.15) is 17.3 Å². The van der Waals surface area contributed by atoms with Crippen molar-refractivity contribution < 1.29 is 23.8 Å². The van der Waals surface area contributed by atoms with Gasteiger partial charge in [0, 0.05) is 24.1 Å². The molecule has 6 heteroatoms. The first kappa shape index (κ1) is 15.8. The molecule has 2 aliphatic rings. The fourth-order valence-corrected chi connectivity index (χ4v) is 3.29. The highest BCUT2D eigenvalue weighted by Gasteiger charge is 2.56. The van der Waals surface area contributed by atoms with E-state index < -0.39 is 0 Å². The Kier molecular flexibility index (Phi) is 4.26. The minimum Gasteiger partial charge on any atom is -0.497 e. The minimum absolute atomic E-state index is 0.0954. The predicted molar refractivity (Wildman–Crippen MR) is 82.3 cm³/mol. The van der Waals surface area contributed by atoms with E-state index in [9.17, 15) is 9.59 Å². The van der Waals surface area contributed by atoms with Gasteiger partial charge in [-0.1, -0.05) is 6.07 Å². The molecule has 1 aromatic rings. The second-order valence-corrected chi connectivity index (χ2v) is 6.08. The lowest BCUT2D eigenvalue weighted by molar-refractivity contribution is -0.169. The van der Waals surface area contributed by atoms with Crippen LogP contribution in [0.2, 0.25) is 0 Å². The summed E-state index contributed by atoms with van der Waals surface area (Å²) in [4.78, 5) is 26.7. The first-order chi connectivity index (χ1) is 11.1. The number of nitrogens with zero attached hydrogens (tertiary/aromatic N) is 1. The lowest BCUT2D eigenvalue weighted by atomic mass is 9.76. The molecule has 3 rings (SSSR count). The quantitative estimate of drug-likeness (QED) is 0.784. The highest BCUT2D eigenvalue weighted by Crippen LogP contribution is 2.43. The smallest absolute Gasteiger partial charge is 0.311 e. The Bertz CT molecular complexity index is 611. The van der Waals surface area contributed by atoms with Crippen LogP contribution in [-0.2, 0) is 14.3 Å². The van der Waals surface area contributed by atoms with Crippen LogP contribution in [0.4, 0.5) is 0 Å². The number of esters is 1. The summed E-state index contributed by atoms with van der Waals surface area (Å²) in [6.45, 7) is 4.02. The molecular formula is C17H21NO5. The highest BCUT2D eigenvalue weighted by molar-refractivity contribution is 5.95. The maximum atomic E-state index is 12.7. The number of carbonyl (C=O) groups is 2. The normalized spacial score (nSPS) is 21.8. The van der Waals surface area contributed by atoms with Crippen LogP contribution in [0, 0.1) is 11.3 Å². The van der Waals surface area contributed by atoms with E-state index in [0.29, 0.717) is 44.2 Å². The molecule has 2 fully saturated rings. The second kappa shape index (κ2) is 6.20. The molecule has 0 unspecified atom stereocenters. The number of likely N-dealkylation sites (tertiary alicyclic amines) is 1. The summed E-state index contributed by atoms with van der Waals surface area (Å²) in [5.74, 6) is -0.0110. The average Bonchev–Trinajstić information content (AvgIpc) is 2.95. The van der Waals surface area contributed by atoms with Crippen molar-refractivity contribution in [1.29, 1.82) is 0 Å². The zero-order valence-electron chi connectivity index (χ0n) is 13.4. The SMILES string of the molecule is CCOC(=O)[C@H]1CN(C(=O)c2cccc(OC)c2)CC12COC2. The third-order valence-electron chi connectivity index (χ3n) is 4.60. The molecule has 1 atom stereocenters. The van der Waals surface area contributed by atoms with Gasteiger partial charge in [0.1, 0.15) is 5.75 Å². The number of benzene rings is 1. The molecule has 1 amide bonds. The van der Waals surface area contributed by atoms with Gasteiger partial charge < -0.3 is 19.1 Å². The maximum absolute atomic E-state index is 12.7. The van der Waals surface area contributed by atoms with Crippen molar-refractivity contribution in [2.75, 3.05) is 40.0 Å². The van der Waals surface area contributed by atoms with Crippen molar-refractivity contribution >= 4 is 11.9 Å². The zero-order chi connectivity index (χ0) is 16.4. The van der Waals surface area contributed by atoms with Crippen molar-refractivity contribution in [2.45, 2.75) is 6.92 Å². The van der Waals surface area contributed by atoms with Crippen LogP contribution in [-0.4, -0.2) is 56.8 Å². The van der Waals surface area contributed by atoms with Crippen LogP contribution >= 0.6 is 0 Å². The number of methoxy groups -OCH3 is 1. The molecule has 2 heterocycles. The number of hydrogen-bond donors (Lipinski definition) is 0. The molecular weight excluding hydrogens is 298 g/mol. The van der Waals surface area contributed by atoms with Crippen LogP contribution < -0.4 is 4.74 Å². The standard InChI is InChI=1S/C17H21NO5/c1-3-23-16(20)14-8-18(9-17(14)10-22-11-17)15(19)12-5-4-6-13(7-12)21-2/h4-7,14H,3,8-11H2,1-2H3/t14-/m1/s1. The zero-order valence-corrected chi connectivity index (χ0v) is 13.4. The number of hydrogen-bond acceptors (Lipinski definition) is 5. The summed E-state index contributed by atoms with van der Waals surface area (Å²) >= 11 is 0. The Morgan fingerprint density at radius 2 is 2.17 bits per heavy atom. The fourth-order valence-electron chi connectivity index (χ4n) is 3.29. The van der Waals surface area contributed by atoms with E-state index in [4.69, 9.17) is 14.2 Å². The van der Waals surface area contributed by atoms with Gasteiger partial charge >= 0.3 is 5.97 Å². The van der Waals surface area contributed by atoms with Crippen LogP contribution in [0.15, 0.2) is 24.3 Å². The predicted octanol–water partition coefficient (Wildman–Crippen LogP) is 1.35. The number of ether oxygens (including phenoxy) is 3. The van der Waals surface area contributed by atoms with Crippen molar-refractivity contribution in [3.05, 3.63) is 29.8 Å². The van der Waals surface area contributed by atoms with E-state index in [1.54, 1.807) is 43.2 Å². The summed E-state index contributed by atoms with van der Waals surface area (Å²) in [5.41, 5.74) is 0.269. The fraction of sp³-hybridized carbons (Fsp3) is 0.529. The lowest BCUT2D eigenvalue weighted by Crippen LogP contribution is -2.51. The summed E-state index contributed by atoms with van der Waals surface area (Å²) in [6, 6.07) is 7.05. The summed E-state index contributed by atoms with van der Waals surface area (Å²) in [5, 5.41) is 0. The Labute approximate surface area is 135 Å². The molecule has 0 radical (unpaired) electrons. The monoisotopic (exact) mass is 319 g/mol. The molecule has 23 heavy (non-hydrogen) atoms. The van der Waals surface area contributed by atoms with Crippen molar-refractivity contribution in [3.63, 3.8) is 0 Å². The minimum atomic E-state index is -0.314. The van der Waals surface area contributed by atoms with Gasteiger partial charge in [-0.25, -0.2) is 0 Å². The maximum Gasteiger partial charge on any atom is 0.311 e.